The molecule has 116 valence electrons. The Balaban J connectivity index is 2.20. The predicted octanol–water partition coefficient (Wildman–Crippen LogP) is 1.57. The molecule has 8 nitrogen and oxygen atoms in total. The fourth-order valence-electron chi connectivity index (χ4n) is 2.34. The van der Waals surface area contributed by atoms with E-state index in [1.165, 1.54) is 16.4 Å². The van der Waals surface area contributed by atoms with Gasteiger partial charge in [-0.15, -0.1) is 0 Å². The number of nitrogens with one attached hydrogen (secondary N) is 1. The molecular weight excluding hydrogens is 296 g/mol. The van der Waals surface area contributed by atoms with E-state index >= 15 is 0 Å². The van der Waals surface area contributed by atoms with Crippen LogP contribution in [0.2, 0.25) is 0 Å². The second kappa shape index (κ2) is 5.86. The van der Waals surface area contributed by atoms with Crippen LogP contribution in [0, 0.1) is 16.0 Å². The van der Waals surface area contributed by atoms with Crippen molar-refractivity contribution in [3.63, 3.8) is 0 Å². The molecule has 1 unspecified atom stereocenters. The number of hydrogen-bond acceptors (Lipinski definition) is 5. The topological polar surface area (TPSA) is 119 Å². The van der Waals surface area contributed by atoms with Gasteiger partial charge >= 0.3 is 10.2 Å². The van der Waals surface area contributed by atoms with Gasteiger partial charge in [-0.3, -0.25) is 14.8 Å². The monoisotopic (exact) mass is 314 g/mol. The van der Waals surface area contributed by atoms with Crippen molar-refractivity contribution in [1.82, 2.24) is 4.31 Å². The fraction of sp³-hybridized carbons (Fsp3) is 0.500. The maximum absolute atomic E-state index is 12.3. The Morgan fingerprint density at radius 3 is 2.81 bits per heavy atom. The lowest BCUT2D eigenvalue weighted by Crippen LogP contribution is -2.42. The molecule has 21 heavy (non-hydrogen) atoms. The molecule has 1 fully saturated rings. The first-order chi connectivity index (χ1) is 9.79. The molecule has 0 amide bonds. The molecule has 0 aromatic heterocycles. The Hall–Kier alpha value is -1.87. The number of nitrogens with two attached hydrogens (primary N) is 1. The van der Waals surface area contributed by atoms with Gasteiger partial charge in [0.15, 0.2) is 0 Å². The van der Waals surface area contributed by atoms with E-state index in [-0.39, 0.29) is 17.1 Å². The highest BCUT2D eigenvalue weighted by molar-refractivity contribution is 7.90. The van der Waals surface area contributed by atoms with Crippen LogP contribution in [0.5, 0.6) is 0 Å². The lowest BCUT2D eigenvalue weighted by Gasteiger charge is -2.30. The van der Waals surface area contributed by atoms with Crippen molar-refractivity contribution in [2.75, 3.05) is 23.5 Å². The van der Waals surface area contributed by atoms with Gasteiger partial charge in [0.1, 0.15) is 5.69 Å². The Kier molecular flexibility index (Phi) is 4.33. The van der Waals surface area contributed by atoms with Gasteiger partial charge in [-0.1, -0.05) is 6.92 Å². The third-order valence-corrected chi connectivity index (χ3v) is 4.94. The molecule has 1 aliphatic rings. The molecule has 0 spiro atoms. The van der Waals surface area contributed by atoms with E-state index in [0.717, 1.165) is 18.9 Å². The Morgan fingerprint density at radius 1 is 1.48 bits per heavy atom. The highest BCUT2D eigenvalue weighted by Gasteiger charge is 2.27. The summed E-state index contributed by atoms with van der Waals surface area (Å²) >= 11 is 0. The second-order valence-electron chi connectivity index (χ2n) is 5.24. The Labute approximate surface area is 123 Å². The molecule has 1 atom stereocenters. The highest BCUT2D eigenvalue weighted by atomic mass is 32.2. The lowest BCUT2D eigenvalue weighted by atomic mass is 10.0. The molecule has 1 heterocycles. The van der Waals surface area contributed by atoms with Crippen LogP contribution in [0.25, 0.3) is 0 Å². The summed E-state index contributed by atoms with van der Waals surface area (Å²) in [5.41, 5.74) is 5.30. The first-order valence-corrected chi connectivity index (χ1v) is 8.05. The minimum atomic E-state index is -3.70. The van der Waals surface area contributed by atoms with Gasteiger partial charge in [-0.05, 0) is 30.9 Å². The van der Waals surface area contributed by atoms with Gasteiger partial charge in [0.2, 0.25) is 0 Å². The van der Waals surface area contributed by atoms with Crippen LogP contribution in [0.1, 0.15) is 19.8 Å². The highest BCUT2D eigenvalue weighted by Crippen LogP contribution is 2.26. The average Bonchev–Trinajstić information content (AvgIpc) is 2.40. The minimum absolute atomic E-state index is 0.00505. The molecule has 3 N–H and O–H groups in total. The van der Waals surface area contributed by atoms with E-state index in [0.29, 0.717) is 19.0 Å². The number of nitrogens with zero attached hydrogens (tertiary/aromatic N) is 2. The van der Waals surface area contributed by atoms with Crippen molar-refractivity contribution in [1.29, 1.82) is 0 Å². The SMILES string of the molecule is CC1CCCN(S(=O)(=O)Nc2ccc(N)c([N+](=O)[O-])c2)C1. The van der Waals surface area contributed by atoms with Gasteiger partial charge < -0.3 is 5.73 Å². The normalized spacial score (nSPS) is 20.1. The Morgan fingerprint density at radius 2 is 2.19 bits per heavy atom. The van der Waals surface area contributed by atoms with Crippen LogP contribution in [0.3, 0.4) is 0 Å². The second-order valence-corrected chi connectivity index (χ2v) is 6.91. The lowest BCUT2D eigenvalue weighted by molar-refractivity contribution is -0.383. The third kappa shape index (κ3) is 3.61. The fourth-order valence-corrected chi connectivity index (χ4v) is 3.72. The molecule has 0 saturated carbocycles. The number of hydrogen-bond donors (Lipinski definition) is 2. The molecular formula is C12H18N4O4S. The molecule has 1 aromatic carbocycles. The number of piperidine rings is 1. The number of nitro benzene ring substituents is 1. The summed E-state index contributed by atoms with van der Waals surface area (Å²) in [6, 6.07) is 3.85. The molecule has 9 heteroatoms. The van der Waals surface area contributed by atoms with E-state index in [2.05, 4.69) is 4.72 Å². The zero-order valence-corrected chi connectivity index (χ0v) is 12.5. The van der Waals surface area contributed by atoms with E-state index in [1.54, 1.807) is 0 Å². The summed E-state index contributed by atoms with van der Waals surface area (Å²) in [6.07, 6.45) is 1.81. The molecule has 0 aliphatic carbocycles. The summed E-state index contributed by atoms with van der Waals surface area (Å²) in [4.78, 5) is 10.2. The maximum atomic E-state index is 12.3. The van der Waals surface area contributed by atoms with Crippen molar-refractivity contribution in [3.8, 4) is 0 Å². The minimum Gasteiger partial charge on any atom is -0.393 e. The standard InChI is InChI=1S/C12H18N4O4S/c1-9-3-2-6-15(8-9)21(19,20)14-10-4-5-11(13)12(7-10)16(17)18/h4-5,7,9,14H,2-3,6,8,13H2,1H3. The molecule has 1 aliphatic heterocycles. The zero-order chi connectivity index (χ0) is 15.6. The maximum Gasteiger partial charge on any atom is 0.301 e. The number of anilines is 2. The van der Waals surface area contributed by atoms with Gasteiger partial charge in [-0.25, -0.2) is 0 Å². The van der Waals surface area contributed by atoms with Crippen LogP contribution in [0.15, 0.2) is 18.2 Å². The molecule has 1 aromatic rings. The van der Waals surface area contributed by atoms with Gasteiger partial charge in [0.05, 0.1) is 10.6 Å². The quantitative estimate of drug-likeness (QED) is 0.496. The van der Waals surface area contributed by atoms with Crippen molar-refractivity contribution in [3.05, 3.63) is 28.3 Å². The van der Waals surface area contributed by atoms with Crippen LogP contribution in [-0.2, 0) is 10.2 Å². The summed E-state index contributed by atoms with van der Waals surface area (Å²) in [7, 11) is -3.70. The summed E-state index contributed by atoms with van der Waals surface area (Å²) in [6.45, 7) is 2.90. The number of nitrogen functional groups attached to an aromatic ring is 1. The average molecular weight is 314 g/mol. The largest absolute Gasteiger partial charge is 0.393 e. The first-order valence-electron chi connectivity index (χ1n) is 6.61. The number of rotatable bonds is 4. The van der Waals surface area contributed by atoms with Crippen LogP contribution < -0.4 is 10.5 Å². The van der Waals surface area contributed by atoms with E-state index in [4.69, 9.17) is 5.73 Å². The number of benzene rings is 1. The van der Waals surface area contributed by atoms with E-state index in [9.17, 15) is 18.5 Å². The molecule has 0 bridgehead atoms. The predicted molar refractivity (Wildman–Crippen MR) is 80.0 cm³/mol. The number of nitro groups is 1. The summed E-state index contributed by atoms with van der Waals surface area (Å²) < 4.78 is 28.3. The van der Waals surface area contributed by atoms with Crippen molar-refractivity contribution >= 4 is 27.3 Å². The summed E-state index contributed by atoms with van der Waals surface area (Å²) in [5.74, 6) is 0.302. The third-order valence-electron chi connectivity index (χ3n) is 3.43. The van der Waals surface area contributed by atoms with Crippen LogP contribution >= 0.6 is 0 Å². The van der Waals surface area contributed by atoms with Crippen molar-refractivity contribution in [2.45, 2.75) is 19.8 Å². The van der Waals surface area contributed by atoms with E-state index < -0.39 is 15.1 Å². The van der Waals surface area contributed by atoms with E-state index in [1.807, 2.05) is 6.92 Å². The first kappa shape index (κ1) is 15.5. The van der Waals surface area contributed by atoms with Gasteiger partial charge in [0.25, 0.3) is 5.69 Å². The smallest absolute Gasteiger partial charge is 0.301 e. The molecule has 2 rings (SSSR count). The van der Waals surface area contributed by atoms with Gasteiger partial charge in [0, 0.05) is 19.2 Å². The summed E-state index contributed by atoms with van der Waals surface area (Å²) in [5, 5.41) is 10.8. The van der Waals surface area contributed by atoms with Crippen molar-refractivity contribution < 1.29 is 13.3 Å². The van der Waals surface area contributed by atoms with Crippen LogP contribution in [0.4, 0.5) is 17.1 Å². The zero-order valence-electron chi connectivity index (χ0n) is 11.7. The van der Waals surface area contributed by atoms with Crippen LogP contribution in [-0.4, -0.2) is 30.7 Å². The van der Waals surface area contributed by atoms with Crippen molar-refractivity contribution in [2.24, 2.45) is 5.92 Å². The molecule has 1 saturated heterocycles. The Bertz CT molecular complexity index is 647. The van der Waals surface area contributed by atoms with Gasteiger partial charge in [-0.2, -0.15) is 12.7 Å². The molecule has 0 radical (unpaired) electrons.